The lowest BCUT2D eigenvalue weighted by Gasteiger charge is -2.30. The Labute approximate surface area is 106 Å². The first-order valence-electron chi connectivity index (χ1n) is 6.69. The highest BCUT2D eigenvalue weighted by Crippen LogP contribution is 2.27. The molecule has 0 amide bonds. The van der Waals surface area contributed by atoms with Gasteiger partial charge in [0.25, 0.3) is 0 Å². The Kier molecular flexibility index (Phi) is 5.49. The SMILES string of the molecule is CCCC(C)N(C)c1ccccc1C(N)CC. The van der Waals surface area contributed by atoms with Crippen LogP contribution in [0.3, 0.4) is 0 Å². The van der Waals surface area contributed by atoms with Gasteiger partial charge in [0.1, 0.15) is 0 Å². The molecule has 2 unspecified atom stereocenters. The Hall–Kier alpha value is -1.02. The summed E-state index contributed by atoms with van der Waals surface area (Å²) in [4.78, 5) is 2.36. The second-order valence-electron chi connectivity index (χ2n) is 4.82. The molecule has 96 valence electrons. The maximum absolute atomic E-state index is 6.18. The van der Waals surface area contributed by atoms with E-state index in [9.17, 15) is 0 Å². The van der Waals surface area contributed by atoms with Gasteiger partial charge in [0.05, 0.1) is 0 Å². The molecular formula is C15H26N2. The second kappa shape index (κ2) is 6.65. The first-order valence-corrected chi connectivity index (χ1v) is 6.69. The number of nitrogens with zero attached hydrogens (tertiary/aromatic N) is 1. The number of anilines is 1. The summed E-state index contributed by atoms with van der Waals surface area (Å²) in [5, 5.41) is 0. The fourth-order valence-corrected chi connectivity index (χ4v) is 2.19. The van der Waals surface area contributed by atoms with Crippen LogP contribution in [0.25, 0.3) is 0 Å². The fraction of sp³-hybridized carbons (Fsp3) is 0.600. The number of para-hydroxylation sites is 1. The molecule has 0 bridgehead atoms. The summed E-state index contributed by atoms with van der Waals surface area (Å²) in [6.45, 7) is 6.64. The summed E-state index contributed by atoms with van der Waals surface area (Å²) in [5.74, 6) is 0. The maximum Gasteiger partial charge on any atom is 0.0414 e. The van der Waals surface area contributed by atoms with Crippen LogP contribution in [0.4, 0.5) is 5.69 Å². The van der Waals surface area contributed by atoms with Crippen LogP contribution in [-0.2, 0) is 0 Å². The Morgan fingerprint density at radius 3 is 2.47 bits per heavy atom. The molecule has 0 aliphatic heterocycles. The summed E-state index contributed by atoms with van der Waals surface area (Å²) >= 11 is 0. The fourth-order valence-electron chi connectivity index (χ4n) is 2.19. The third-order valence-corrected chi connectivity index (χ3v) is 3.52. The van der Waals surface area contributed by atoms with Crippen molar-refractivity contribution in [1.82, 2.24) is 0 Å². The molecule has 0 radical (unpaired) electrons. The average molecular weight is 234 g/mol. The first kappa shape index (κ1) is 14.0. The quantitative estimate of drug-likeness (QED) is 0.813. The van der Waals surface area contributed by atoms with Crippen LogP contribution in [0.2, 0.25) is 0 Å². The first-order chi connectivity index (χ1) is 8.11. The topological polar surface area (TPSA) is 29.3 Å². The molecule has 0 aromatic heterocycles. The molecule has 2 atom stereocenters. The molecule has 0 fully saturated rings. The van der Waals surface area contributed by atoms with E-state index in [-0.39, 0.29) is 6.04 Å². The van der Waals surface area contributed by atoms with Crippen molar-refractivity contribution in [2.45, 2.75) is 52.1 Å². The van der Waals surface area contributed by atoms with Gasteiger partial charge in [-0.25, -0.2) is 0 Å². The van der Waals surface area contributed by atoms with Crippen LogP contribution < -0.4 is 10.6 Å². The largest absolute Gasteiger partial charge is 0.372 e. The molecule has 0 heterocycles. The summed E-state index contributed by atoms with van der Waals surface area (Å²) in [6.07, 6.45) is 3.41. The maximum atomic E-state index is 6.18. The predicted molar refractivity (Wildman–Crippen MR) is 76.4 cm³/mol. The normalized spacial score (nSPS) is 14.4. The van der Waals surface area contributed by atoms with E-state index in [1.165, 1.54) is 24.1 Å². The van der Waals surface area contributed by atoms with Crippen molar-refractivity contribution in [3.63, 3.8) is 0 Å². The van der Waals surface area contributed by atoms with Crippen molar-refractivity contribution >= 4 is 5.69 Å². The second-order valence-corrected chi connectivity index (χ2v) is 4.82. The lowest BCUT2D eigenvalue weighted by atomic mass is 10.0. The number of hydrogen-bond acceptors (Lipinski definition) is 2. The van der Waals surface area contributed by atoms with Gasteiger partial charge < -0.3 is 10.6 Å². The highest BCUT2D eigenvalue weighted by Gasteiger charge is 2.15. The van der Waals surface area contributed by atoms with Crippen molar-refractivity contribution in [1.29, 1.82) is 0 Å². The molecule has 0 spiro atoms. The zero-order valence-electron chi connectivity index (χ0n) is 11.6. The van der Waals surface area contributed by atoms with E-state index in [2.05, 4.69) is 57.0 Å². The van der Waals surface area contributed by atoms with Crippen LogP contribution in [0.1, 0.15) is 51.6 Å². The summed E-state index contributed by atoms with van der Waals surface area (Å²) in [5.41, 5.74) is 8.72. The summed E-state index contributed by atoms with van der Waals surface area (Å²) in [7, 11) is 2.17. The molecule has 0 saturated heterocycles. The Bertz CT molecular complexity index is 335. The Morgan fingerprint density at radius 2 is 1.88 bits per heavy atom. The van der Waals surface area contributed by atoms with E-state index in [0.29, 0.717) is 6.04 Å². The molecule has 0 aliphatic rings. The third kappa shape index (κ3) is 3.47. The smallest absolute Gasteiger partial charge is 0.0414 e. The molecule has 2 heteroatoms. The van der Waals surface area contributed by atoms with Gasteiger partial charge in [0, 0.05) is 24.8 Å². The summed E-state index contributed by atoms with van der Waals surface area (Å²) < 4.78 is 0. The lowest BCUT2D eigenvalue weighted by Crippen LogP contribution is -2.30. The van der Waals surface area contributed by atoms with E-state index in [1.807, 2.05) is 0 Å². The van der Waals surface area contributed by atoms with Gasteiger partial charge in [0.2, 0.25) is 0 Å². The van der Waals surface area contributed by atoms with Gasteiger partial charge in [0.15, 0.2) is 0 Å². The van der Waals surface area contributed by atoms with Gasteiger partial charge in [-0.1, -0.05) is 38.5 Å². The minimum absolute atomic E-state index is 0.141. The molecule has 2 N–H and O–H groups in total. The molecule has 0 saturated carbocycles. The lowest BCUT2D eigenvalue weighted by molar-refractivity contribution is 0.608. The van der Waals surface area contributed by atoms with Gasteiger partial charge >= 0.3 is 0 Å². The molecule has 2 nitrogen and oxygen atoms in total. The van der Waals surface area contributed by atoms with E-state index >= 15 is 0 Å². The van der Waals surface area contributed by atoms with Crippen molar-refractivity contribution < 1.29 is 0 Å². The van der Waals surface area contributed by atoms with Crippen LogP contribution in [0.15, 0.2) is 24.3 Å². The third-order valence-electron chi connectivity index (χ3n) is 3.52. The van der Waals surface area contributed by atoms with E-state index < -0.39 is 0 Å². The van der Waals surface area contributed by atoms with Gasteiger partial charge in [-0.15, -0.1) is 0 Å². The van der Waals surface area contributed by atoms with Crippen LogP contribution in [0.5, 0.6) is 0 Å². The van der Waals surface area contributed by atoms with E-state index in [1.54, 1.807) is 0 Å². The number of rotatable bonds is 6. The molecular weight excluding hydrogens is 208 g/mol. The van der Waals surface area contributed by atoms with Crippen molar-refractivity contribution in [3.8, 4) is 0 Å². The number of benzene rings is 1. The Balaban J connectivity index is 2.96. The predicted octanol–water partition coefficient (Wildman–Crippen LogP) is 3.72. The molecule has 1 aromatic rings. The van der Waals surface area contributed by atoms with Crippen molar-refractivity contribution in [2.75, 3.05) is 11.9 Å². The minimum Gasteiger partial charge on any atom is -0.372 e. The summed E-state index contributed by atoms with van der Waals surface area (Å²) in [6, 6.07) is 9.20. The monoisotopic (exact) mass is 234 g/mol. The van der Waals surface area contributed by atoms with Crippen molar-refractivity contribution in [2.24, 2.45) is 5.73 Å². The van der Waals surface area contributed by atoms with E-state index in [0.717, 1.165) is 6.42 Å². The van der Waals surface area contributed by atoms with Gasteiger partial charge in [-0.05, 0) is 31.4 Å². The molecule has 0 aliphatic carbocycles. The van der Waals surface area contributed by atoms with E-state index in [4.69, 9.17) is 5.73 Å². The molecule has 1 rings (SSSR count). The Morgan fingerprint density at radius 1 is 1.24 bits per heavy atom. The van der Waals surface area contributed by atoms with Crippen LogP contribution in [0, 0.1) is 0 Å². The average Bonchev–Trinajstić information content (AvgIpc) is 2.37. The highest BCUT2D eigenvalue weighted by atomic mass is 15.1. The van der Waals surface area contributed by atoms with Crippen molar-refractivity contribution in [3.05, 3.63) is 29.8 Å². The zero-order valence-corrected chi connectivity index (χ0v) is 11.6. The minimum atomic E-state index is 0.141. The zero-order chi connectivity index (χ0) is 12.8. The van der Waals surface area contributed by atoms with Crippen LogP contribution in [-0.4, -0.2) is 13.1 Å². The molecule has 1 aromatic carbocycles. The van der Waals surface area contributed by atoms with Crippen LogP contribution >= 0.6 is 0 Å². The highest BCUT2D eigenvalue weighted by molar-refractivity contribution is 5.55. The number of nitrogens with two attached hydrogens (primary N) is 1. The van der Waals surface area contributed by atoms with Gasteiger partial charge in [-0.3, -0.25) is 0 Å². The number of hydrogen-bond donors (Lipinski definition) is 1. The van der Waals surface area contributed by atoms with Gasteiger partial charge in [-0.2, -0.15) is 0 Å². The standard InChI is InChI=1S/C15H26N2/c1-5-9-12(3)17(4)15-11-8-7-10-13(15)14(16)6-2/h7-8,10-12,14H,5-6,9,16H2,1-4H3. The molecule has 17 heavy (non-hydrogen) atoms.